The van der Waals surface area contributed by atoms with Gasteiger partial charge in [-0.2, -0.15) is 16.8 Å². The second-order valence-electron chi connectivity index (χ2n) is 7.53. The SMILES string of the molecule is O=S(=O)(O)c1cc(Nc2nc(S)cc(=S)[nH]2)ccc1-c1ccc(Nc2nc(S)cc(=S)[nH]2)cc1S(=O)(=O)O.[H-].[H-].[Na+].[Na+]. The molecule has 0 unspecified atom stereocenters. The molecule has 20 heteroatoms. The Kier molecular flexibility index (Phi) is 12.5. The van der Waals surface area contributed by atoms with Crippen LogP contribution in [0.4, 0.5) is 23.3 Å². The Hall–Kier alpha value is -0.840. The van der Waals surface area contributed by atoms with Crippen LogP contribution in [0.15, 0.2) is 68.4 Å². The fourth-order valence-corrected chi connectivity index (χ4v) is 5.87. The zero-order chi connectivity index (χ0) is 27.8. The van der Waals surface area contributed by atoms with Crippen molar-refractivity contribution in [3.63, 3.8) is 0 Å². The van der Waals surface area contributed by atoms with Gasteiger partial charge in [0.1, 0.15) is 19.1 Å². The first-order chi connectivity index (χ1) is 17.7. The second-order valence-corrected chi connectivity index (χ2v) is 12.1. The number of aromatic amines is 2. The molecule has 0 aliphatic heterocycles. The molecule has 2 aromatic heterocycles. The molecule has 2 heterocycles. The summed E-state index contributed by atoms with van der Waals surface area (Å²) in [4.78, 5) is 12.4. The van der Waals surface area contributed by atoms with Crippen molar-refractivity contribution in [2.24, 2.45) is 0 Å². The molecule has 0 bridgehead atoms. The Labute approximate surface area is 297 Å². The van der Waals surface area contributed by atoms with E-state index in [0.717, 1.165) is 12.1 Å². The predicted molar refractivity (Wildman–Crippen MR) is 154 cm³/mol. The molecule has 0 spiro atoms. The van der Waals surface area contributed by atoms with Gasteiger partial charge in [-0.3, -0.25) is 9.11 Å². The Balaban J connectivity index is 0.00000420. The van der Waals surface area contributed by atoms with Crippen LogP contribution in [0, 0.1) is 9.28 Å². The molecule has 4 aromatic rings. The third-order valence-electron chi connectivity index (χ3n) is 4.79. The number of nitrogens with zero attached hydrogens (tertiary/aromatic N) is 2. The molecule has 202 valence electrons. The van der Waals surface area contributed by atoms with Crippen LogP contribution in [0.25, 0.3) is 11.1 Å². The van der Waals surface area contributed by atoms with Gasteiger partial charge in [0.2, 0.25) is 11.9 Å². The minimum absolute atomic E-state index is 0. The first kappa shape index (κ1) is 35.4. The van der Waals surface area contributed by atoms with Gasteiger partial charge < -0.3 is 23.5 Å². The van der Waals surface area contributed by atoms with Gasteiger partial charge in [0.05, 0.1) is 10.1 Å². The minimum Gasteiger partial charge on any atom is -1.00 e. The summed E-state index contributed by atoms with van der Waals surface area (Å²) in [6.45, 7) is 0. The van der Waals surface area contributed by atoms with E-state index >= 15 is 0 Å². The summed E-state index contributed by atoms with van der Waals surface area (Å²) in [7, 11) is -9.75. The molecule has 0 aliphatic rings. The van der Waals surface area contributed by atoms with Gasteiger partial charge in [-0.15, -0.1) is 25.3 Å². The average Bonchev–Trinajstić information content (AvgIpc) is 2.76. The summed E-state index contributed by atoms with van der Waals surface area (Å²) in [5.74, 6) is 0.284. The Bertz CT molecular complexity index is 1790. The maximum Gasteiger partial charge on any atom is 1.00 e. The molecule has 0 saturated heterocycles. The normalized spacial score (nSPS) is 11.2. The summed E-state index contributed by atoms with van der Waals surface area (Å²) in [5.41, 5.74) is -0.0665. The van der Waals surface area contributed by atoms with Crippen LogP contribution in [0.3, 0.4) is 0 Å². The van der Waals surface area contributed by atoms with Crippen LogP contribution >= 0.6 is 49.7 Å². The molecule has 2 aromatic carbocycles. The Morgan fingerprint density at radius 1 is 0.700 bits per heavy atom. The summed E-state index contributed by atoms with van der Waals surface area (Å²) >= 11 is 18.4. The van der Waals surface area contributed by atoms with Gasteiger partial charge >= 0.3 is 59.1 Å². The number of hydrogen-bond acceptors (Lipinski definition) is 12. The fraction of sp³-hybridized carbons (Fsp3) is 0. The van der Waals surface area contributed by atoms with Crippen molar-refractivity contribution < 1.29 is 87.9 Å². The van der Waals surface area contributed by atoms with E-state index in [4.69, 9.17) is 24.4 Å². The van der Waals surface area contributed by atoms with E-state index in [1.54, 1.807) is 0 Å². The molecular formula is C20H18N6Na2O6S6. The standard InChI is InChI=1S/C20H16N6O6S6.2Na.2H/c27-37(28,29)13-5-9(21-19-23-15(33)7-16(34)24-19)1-3-11(13)12-4-2-10(6-14(12)38(30,31)32)22-20-25-17(35)8-18(36)26-20;;;;/h1-8H,(H,27,28,29)(H,30,31,32)(H3,21,23,24,33,34)(H3,22,25,26,35,36);;;;/q;2*+1;2*-1. The van der Waals surface area contributed by atoms with Crippen LogP contribution in [0.1, 0.15) is 2.85 Å². The van der Waals surface area contributed by atoms with Gasteiger partial charge in [0.25, 0.3) is 20.2 Å². The van der Waals surface area contributed by atoms with Gasteiger partial charge in [0, 0.05) is 34.6 Å². The zero-order valence-corrected chi connectivity index (χ0v) is 29.6. The molecular weight excluding hydrogens is 659 g/mol. The van der Waals surface area contributed by atoms with Crippen LogP contribution in [0.2, 0.25) is 0 Å². The van der Waals surface area contributed by atoms with E-state index in [1.165, 1.54) is 36.4 Å². The molecule has 0 saturated carbocycles. The van der Waals surface area contributed by atoms with E-state index in [-0.39, 0.29) is 96.4 Å². The largest absolute Gasteiger partial charge is 1.00 e. The monoisotopic (exact) mass is 676 g/mol. The van der Waals surface area contributed by atoms with Crippen molar-refractivity contribution in [2.45, 2.75) is 19.8 Å². The summed E-state index contributed by atoms with van der Waals surface area (Å²) in [5, 5.41) is 6.21. The van der Waals surface area contributed by atoms with Crippen molar-refractivity contribution in [1.29, 1.82) is 0 Å². The topological polar surface area (TPSA) is 190 Å². The smallest absolute Gasteiger partial charge is 1.00 e. The van der Waals surface area contributed by atoms with Crippen molar-refractivity contribution in [2.75, 3.05) is 10.6 Å². The zero-order valence-electron chi connectivity index (χ0n) is 22.6. The quantitative estimate of drug-likeness (QED) is 0.0395. The van der Waals surface area contributed by atoms with Gasteiger partial charge in [0.15, 0.2) is 0 Å². The summed E-state index contributed by atoms with van der Waals surface area (Å²) in [6, 6.07) is 10.4. The van der Waals surface area contributed by atoms with Crippen LogP contribution < -0.4 is 69.7 Å². The first-order valence-corrected chi connectivity index (χ1v) is 14.7. The molecule has 6 N–H and O–H groups in total. The van der Waals surface area contributed by atoms with Crippen molar-refractivity contribution in [1.82, 2.24) is 19.9 Å². The molecule has 4 rings (SSSR count). The molecule has 0 amide bonds. The van der Waals surface area contributed by atoms with Gasteiger partial charge in [-0.05, 0) is 24.3 Å². The average molecular weight is 677 g/mol. The van der Waals surface area contributed by atoms with E-state index in [2.05, 4.69) is 55.8 Å². The number of aromatic nitrogens is 4. The third kappa shape index (κ3) is 9.08. The van der Waals surface area contributed by atoms with Crippen molar-refractivity contribution in [3.8, 4) is 11.1 Å². The van der Waals surface area contributed by atoms with E-state index in [0.29, 0.717) is 19.3 Å². The third-order valence-corrected chi connectivity index (χ3v) is 7.48. The van der Waals surface area contributed by atoms with Crippen LogP contribution in [-0.4, -0.2) is 45.9 Å². The number of benzene rings is 2. The maximum atomic E-state index is 12.3. The number of rotatable bonds is 7. The number of thiol groups is 2. The van der Waals surface area contributed by atoms with E-state index < -0.39 is 30.0 Å². The number of anilines is 4. The minimum atomic E-state index is -4.88. The molecule has 0 radical (unpaired) electrons. The Morgan fingerprint density at radius 2 is 1.05 bits per heavy atom. The second kappa shape index (κ2) is 14.1. The maximum absolute atomic E-state index is 12.3. The predicted octanol–water partition coefficient (Wildman–Crippen LogP) is -0.950. The van der Waals surface area contributed by atoms with Crippen molar-refractivity contribution in [3.05, 3.63) is 57.8 Å². The van der Waals surface area contributed by atoms with Crippen LogP contribution in [0.5, 0.6) is 0 Å². The fourth-order valence-electron chi connectivity index (χ4n) is 3.35. The summed E-state index contributed by atoms with van der Waals surface area (Å²) in [6.07, 6.45) is 0. The molecule has 40 heavy (non-hydrogen) atoms. The molecule has 12 nitrogen and oxygen atoms in total. The molecule has 0 aliphatic carbocycles. The van der Waals surface area contributed by atoms with E-state index in [9.17, 15) is 25.9 Å². The Morgan fingerprint density at radius 3 is 1.35 bits per heavy atom. The van der Waals surface area contributed by atoms with E-state index in [1.807, 2.05) is 0 Å². The number of H-pyrrole nitrogens is 2. The van der Waals surface area contributed by atoms with Gasteiger partial charge in [-0.25, -0.2) is 9.97 Å². The number of hydrogen-bond donors (Lipinski definition) is 8. The number of nitrogens with one attached hydrogen (secondary N) is 4. The molecule has 0 atom stereocenters. The summed E-state index contributed by atoms with van der Waals surface area (Å²) < 4.78 is 69.7. The van der Waals surface area contributed by atoms with Crippen molar-refractivity contribution >= 4 is 93.2 Å². The molecule has 0 fully saturated rings. The van der Waals surface area contributed by atoms with Gasteiger partial charge in [-0.1, -0.05) is 36.6 Å². The first-order valence-electron chi connectivity index (χ1n) is 10.1. The van der Waals surface area contributed by atoms with Crippen LogP contribution in [-0.2, 0) is 20.2 Å².